The van der Waals surface area contributed by atoms with Crippen molar-refractivity contribution in [3.05, 3.63) is 86.9 Å². The van der Waals surface area contributed by atoms with E-state index < -0.39 is 39.0 Å². The van der Waals surface area contributed by atoms with E-state index in [0.717, 1.165) is 12.1 Å². The molecule has 3 N–H and O–H groups in total. The number of nitrogens with zero attached hydrogens (tertiary/aromatic N) is 1. The fourth-order valence-corrected chi connectivity index (χ4v) is 4.24. The lowest BCUT2D eigenvalue weighted by Crippen LogP contribution is -2.19. The van der Waals surface area contributed by atoms with Crippen molar-refractivity contribution in [2.45, 2.75) is 0 Å². The molecule has 12 heteroatoms. The van der Waals surface area contributed by atoms with Crippen molar-refractivity contribution in [1.82, 2.24) is 0 Å². The molecule has 0 spiro atoms. The van der Waals surface area contributed by atoms with Crippen molar-refractivity contribution in [2.75, 3.05) is 17.8 Å². The van der Waals surface area contributed by atoms with Crippen LogP contribution in [0.3, 0.4) is 0 Å². The first-order chi connectivity index (χ1) is 16.8. The van der Waals surface area contributed by atoms with Crippen molar-refractivity contribution >= 4 is 62.4 Å². The van der Waals surface area contributed by atoms with Gasteiger partial charge < -0.3 is 15.5 Å². The van der Waals surface area contributed by atoms with Gasteiger partial charge in [0, 0.05) is 43.4 Å². The highest BCUT2D eigenvalue weighted by Crippen LogP contribution is 2.33. The normalized spacial score (nSPS) is 11.0. The van der Waals surface area contributed by atoms with Gasteiger partial charge >= 0.3 is 11.9 Å². The van der Waals surface area contributed by atoms with Crippen LogP contribution in [0.4, 0.5) is 5.69 Å². The zero-order valence-corrected chi connectivity index (χ0v) is 21.1. The number of benzene rings is 3. The SMILES string of the molecule is CS(C)(=O)=NC(=O)c1ccc(C(=O)Nc2cc(-c3ccc(Cl)cc3Cl)ccc2C(=O)O)c(C(=O)O)c1. The minimum Gasteiger partial charge on any atom is -0.478 e. The number of carboxylic acids is 2. The molecule has 0 unspecified atom stereocenters. The molecule has 0 aliphatic heterocycles. The molecule has 0 fully saturated rings. The molecule has 0 radical (unpaired) electrons. The van der Waals surface area contributed by atoms with Gasteiger partial charge in [0.25, 0.3) is 11.8 Å². The van der Waals surface area contributed by atoms with Crippen molar-refractivity contribution in [2.24, 2.45) is 4.36 Å². The van der Waals surface area contributed by atoms with Gasteiger partial charge in [0.15, 0.2) is 0 Å². The minimum absolute atomic E-state index is 0.112. The van der Waals surface area contributed by atoms with Crippen LogP contribution >= 0.6 is 23.2 Å². The summed E-state index contributed by atoms with van der Waals surface area (Å²) >= 11 is 12.2. The van der Waals surface area contributed by atoms with E-state index in [9.17, 15) is 33.6 Å². The molecule has 0 saturated heterocycles. The fraction of sp³-hybridized carbons (Fsp3) is 0.0833. The number of aromatic carboxylic acids is 2. The van der Waals surface area contributed by atoms with Crippen LogP contribution in [0, 0.1) is 0 Å². The number of carbonyl (C=O) groups excluding carboxylic acids is 2. The van der Waals surface area contributed by atoms with Crippen molar-refractivity contribution in [3.8, 4) is 11.1 Å². The lowest BCUT2D eigenvalue weighted by molar-refractivity contribution is 0.0684. The van der Waals surface area contributed by atoms with Gasteiger partial charge in [-0.1, -0.05) is 35.3 Å². The van der Waals surface area contributed by atoms with Gasteiger partial charge in [0.05, 0.1) is 22.4 Å². The van der Waals surface area contributed by atoms with Crippen LogP contribution in [0.15, 0.2) is 59.0 Å². The Morgan fingerprint density at radius 2 is 1.47 bits per heavy atom. The van der Waals surface area contributed by atoms with Crippen LogP contribution in [0.25, 0.3) is 11.1 Å². The van der Waals surface area contributed by atoms with E-state index in [0.29, 0.717) is 21.2 Å². The van der Waals surface area contributed by atoms with Crippen LogP contribution < -0.4 is 5.32 Å². The Hall–Kier alpha value is -3.73. The molecule has 186 valence electrons. The summed E-state index contributed by atoms with van der Waals surface area (Å²) in [6.45, 7) is 0. The number of hydrogen-bond donors (Lipinski definition) is 3. The average Bonchev–Trinajstić information content (AvgIpc) is 2.77. The van der Waals surface area contributed by atoms with E-state index in [-0.39, 0.29) is 22.4 Å². The number of carboxylic acid groups (broad SMARTS) is 2. The monoisotopic (exact) mass is 548 g/mol. The van der Waals surface area contributed by atoms with Crippen molar-refractivity contribution in [1.29, 1.82) is 0 Å². The molecule has 0 atom stereocenters. The molecule has 0 aliphatic carbocycles. The molecule has 2 amide bonds. The highest BCUT2D eigenvalue weighted by molar-refractivity contribution is 7.92. The van der Waals surface area contributed by atoms with Gasteiger partial charge in [-0.2, -0.15) is 4.36 Å². The second kappa shape index (κ2) is 10.5. The third kappa shape index (κ3) is 6.28. The zero-order chi connectivity index (χ0) is 26.8. The van der Waals surface area contributed by atoms with Gasteiger partial charge in [-0.25, -0.2) is 13.8 Å². The summed E-state index contributed by atoms with van der Waals surface area (Å²) < 4.78 is 15.3. The minimum atomic E-state index is -2.79. The lowest BCUT2D eigenvalue weighted by Gasteiger charge is -2.13. The first-order valence-corrected chi connectivity index (χ1v) is 13.1. The Morgan fingerprint density at radius 1 is 0.833 bits per heavy atom. The summed E-state index contributed by atoms with van der Waals surface area (Å²) in [4.78, 5) is 48.8. The highest BCUT2D eigenvalue weighted by Gasteiger charge is 2.22. The predicted molar refractivity (Wildman–Crippen MR) is 137 cm³/mol. The van der Waals surface area contributed by atoms with Gasteiger partial charge in [-0.05, 0) is 48.0 Å². The van der Waals surface area contributed by atoms with E-state index >= 15 is 0 Å². The van der Waals surface area contributed by atoms with Gasteiger partial charge in [-0.15, -0.1) is 0 Å². The first-order valence-electron chi connectivity index (χ1n) is 10.00. The molecule has 0 saturated carbocycles. The first kappa shape index (κ1) is 26.9. The Balaban J connectivity index is 2.05. The second-order valence-electron chi connectivity index (χ2n) is 7.79. The number of halogens is 2. The smallest absolute Gasteiger partial charge is 0.337 e. The molecule has 9 nitrogen and oxygen atoms in total. The molecule has 3 aromatic rings. The van der Waals surface area contributed by atoms with Crippen molar-refractivity contribution < 1.29 is 33.6 Å². The molecule has 0 aliphatic rings. The van der Waals surface area contributed by atoms with Gasteiger partial charge in [-0.3, -0.25) is 9.59 Å². The summed E-state index contributed by atoms with van der Waals surface area (Å²) in [5, 5.41) is 22.3. The van der Waals surface area contributed by atoms with Crippen molar-refractivity contribution in [3.63, 3.8) is 0 Å². The number of nitrogens with one attached hydrogen (secondary N) is 1. The second-order valence-corrected chi connectivity index (χ2v) is 11.2. The molecular formula is C24H18Cl2N2O7S. The number of anilines is 1. The molecule has 3 aromatic carbocycles. The number of hydrogen-bond acceptors (Lipinski definition) is 5. The Bertz CT molecular complexity index is 1550. The van der Waals surface area contributed by atoms with E-state index in [2.05, 4.69) is 9.68 Å². The maximum absolute atomic E-state index is 13.0. The molecule has 36 heavy (non-hydrogen) atoms. The van der Waals surface area contributed by atoms with Gasteiger partial charge in [0.1, 0.15) is 0 Å². The number of rotatable bonds is 6. The fourth-order valence-electron chi connectivity index (χ4n) is 3.22. The summed E-state index contributed by atoms with van der Waals surface area (Å²) in [7, 11) is -2.79. The topological polar surface area (TPSA) is 150 Å². The van der Waals surface area contributed by atoms with Crippen LogP contribution in [-0.2, 0) is 9.73 Å². The van der Waals surface area contributed by atoms with E-state index in [1.54, 1.807) is 12.1 Å². The summed E-state index contributed by atoms with van der Waals surface area (Å²) in [6.07, 6.45) is 2.49. The maximum Gasteiger partial charge on any atom is 0.337 e. The van der Waals surface area contributed by atoms with E-state index in [1.165, 1.54) is 42.8 Å². The Kier molecular flexibility index (Phi) is 7.83. The molecule has 0 heterocycles. The highest BCUT2D eigenvalue weighted by atomic mass is 35.5. The molecular weight excluding hydrogens is 531 g/mol. The third-order valence-corrected chi connectivity index (χ3v) is 5.94. The van der Waals surface area contributed by atoms with Crippen LogP contribution in [0.5, 0.6) is 0 Å². The maximum atomic E-state index is 13.0. The van der Waals surface area contributed by atoms with E-state index in [1.807, 2.05) is 0 Å². The Labute approximate surface area is 215 Å². The van der Waals surface area contributed by atoms with E-state index in [4.69, 9.17) is 23.2 Å². The third-order valence-electron chi connectivity index (χ3n) is 4.78. The van der Waals surface area contributed by atoms with Crippen LogP contribution in [-0.4, -0.2) is 50.7 Å². The van der Waals surface area contributed by atoms with Gasteiger partial charge in [0.2, 0.25) is 0 Å². The quantitative estimate of drug-likeness (QED) is 0.384. The lowest BCUT2D eigenvalue weighted by atomic mass is 10.0. The molecule has 0 bridgehead atoms. The molecule has 3 rings (SSSR count). The number of carbonyl (C=O) groups is 4. The largest absolute Gasteiger partial charge is 0.478 e. The summed E-state index contributed by atoms with van der Waals surface area (Å²) in [6, 6.07) is 12.1. The van der Waals surface area contributed by atoms with Crippen LogP contribution in [0.1, 0.15) is 41.4 Å². The predicted octanol–water partition coefficient (Wildman–Crippen LogP) is 5.18. The summed E-state index contributed by atoms with van der Waals surface area (Å²) in [5.41, 5.74) is -0.402. The zero-order valence-electron chi connectivity index (χ0n) is 18.7. The Morgan fingerprint density at radius 3 is 2.06 bits per heavy atom. The van der Waals surface area contributed by atoms with Crippen LogP contribution in [0.2, 0.25) is 10.0 Å². The average molecular weight is 549 g/mol. The standard InChI is InChI=1S/C24H18Cl2N2O7S/c1-36(2,35)28-21(29)13-4-6-16(18(9-13)24(33)34)22(30)27-20-10-12(3-7-17(20)23(31)32)15-8-5-14(25)11-19(15)26/h3-11H,1-2H3,(H,27,30)(H,31,32)(H,33,34). The summed E-state index contributed by atoms with van der Waals surface area (Å²) in [5.74, 6) is -4.67. The molecule has 0 aromatic heterocycles. The number of amides is 2.